The molecule has 0 saturated heterocycles. The number of aliphatic carboxylic acids is 1. The van der Waals surface area contributed by atoms with Gasteiger partial charge in [0.25, 0.3) is 10.0 Å². The van der Waals surface area contributed by atoms with E-state index in [1.54, 1.807) is 48.5 Å². The molecule has 25 heavy (non-hydrogen) atoms. The van der Waals surface area contributed by atoms with Crippen LogP contribution in [0.1, 0.15) is 24.0 Å². The summed E-state index contributed by atoms with van der Waals surface area (Å²) >= 11 is 5.79. The van der Waals surface area contributed by atoms with Crippen molar-refractivity contribution in [3.63, 3.8) is 0 Å². The molecule has 7 heteroatoms. The number of anilines is 1. The second-order valence-corrected chi connectivity index (χ2v) is 7.45. The first-order valence-electron chi connectivity index (χ1n) is 7.61. The first kappa shape index (κ1) is 19.0. The predicted molar refractivity (Wildman–Crippen MR) is 100 cm³/mol. The number of halogens is 1. The number of carbonyl (C=O) groups is 1. The Morgan fingerprint density at radius 3 is 2.32 bits per heavy atom. The number of hydrogen-bond donors (Lipinski definition) is 2. The summed E-state index contributed by atoms with van der Waals surface area (Å²) < 4.78 is 26.6. The smallest absolute Gasteiger partial charge is 0.303 e. The molecule has 0 aliphatic heterocycles. The van der Waals surface area contributed by atoms with Crippen LogP contribution in [-0.4, -0.2) is 19.5 Å². The van der Waals surface area contributed by atoms with Crippen molar-refractivity contribution in [1.82, 2.24) is 0 Å². The average molecular weight is 380 g/mol. The van der Waals surface area contributed by atoms with Crippen molar-refractivity contribution in [1.29, 1.82) is 0 Å². The van der Waals surface area contributed by atoms with E-state index in [0.717, 1.165) is 16.5 Å². The summed E-state index contributed by atoms with van der Waals surface area (Å²) in [5.41, 5.74) is 2.13. The van der Waals surface area contributed by atoms with Crippen molar-refractivity contribution < 1.29 is 18.3 Å². The van der Waals surface area contributed by atoms with Crippen LogP contribution in [-0.2, 0) is 21.2 Å². The van der Waals surface area contributed by atoms with Crippen molar-refractivity contribution in [2.24, 2.45) is 0 Å². The molecule has 2 rings (SSSR count). The molecule has 0 aliphatic carbocycles. The quantitative estimate of drug-likeness (QED) is 0.721. The van der Waals surface area contributed by atoms with Gasteiger partial charge in [0, 0.05) is 17.1 Å². The van der Waals surface area contributed by atoms with Gasteiger partial charge in [-0.05, 0) is 54.3 Å². The van der Waals surface area contributed by atoms with Crippen molar-refractivity contribution in [3.8, 4) is 0 Å². The fraction of sp³-hybridized carbons (Fsp3) is 0.167. The highest BCUT2D eigenvalue weighted by Gasteiger charge is 2.06. The van der Waals surface area contributed by atoms with E-state index in [4.69, 9.17) is 16.7 Å². The molecule has 0 aliphatic rings. The molecule has 0 heterocycles. The Kier molecular flexibility index (Phi) is 6.61. The SMILES string of the molecule is O=C(O)CCCc1ccc(NS(=O)(=O)/C=C/c2ccc(Cl)cc2)cc1. The van der Waals surface area contributed by atoms with E-state index in [1.807, 2.05) is 0 Å². The maximum Gasteiger partial charge on any atom is 0.303 e. The molecule has 0 aromatic heterocycles. The lowest BCUT2D eigenvalue weighted by atomic mass is 10.1. The summed E-state index contributed by atoms with van der Waals surface area (Å²) in [5, 5.41) is 10.3. The van der Waals surface area contributed by atoms with Gasteiger partial charge in [-0.25, -0.2) is 8.42 Å². The van der Waals surface area contributed by atoms with E-state index in [1.165, 1.54) is 6.08 Å². The highest BCUT2D eigenvalue weighted by molar-refractivity contribution is 7.95. The van der Waals surface area contributed by atoms with Crippen LogP contribution in [0.4, 0.5) is 5.69 Å². The van der Waals surface area contributed by atoms with Gasteiger partial charge in [-0.15, -0.1) is 0 Å². The van der Waals surface area contributed by atoms with Crippen LogP contribution in [0, 0.1) is 0 Å². The Bertz CT molecular complexity index is 844. The minimum absolute atomic E-state index is 0.115. The molecule has 0 atom stereocenters. The van der Waals surface area contributed by atoms with Crippen LogP contribution >= 0.6 is 11.6 Å². The first-order chi connectivity index (χ1) is 11.8. The number of sulfonamides is 1. The first-order valence-corrected chi connectivity index (χ1v) is 9.54. The molecule has 0 bridgehead atoms. The lowest BCUT2D eigenvalue weighted by Crippen LogP contribution is -2.08. The van der Waals surface area contributed by atoms with Crippen molar-refractivity contribution in [3.05, 3.63) is 70.1 Å². The van der Waals surface area contributed by atoms with E-state index in [2.05, 4.69) is 4.72 Å². The molecule has 0 saturated carbocycles. The molecule has 0 radical (unpaired) electrons. The van der Waals surface area contributed by atoms with E-state index in [9.17, 15) is 13.2 Å². The number of carboxylic acids is 1. The summed E-state index contributed by atoms with van der Waals surface area (Å²) in [6, 6.07) is 13.7. The van der Waals surface area contributed by atoms with Crippen LogP contribution in [0.2, 0.25) is 5.02 Å². The van der Waals surface area contributed by atoms with Crippen molar-refractivity contribution in [2.45, 2.75) is 19.3 Å². The van der Waals surface area contributed by atoms with Gasteiger partial charge < -0.3 is 5.11 Å². The zero-order valence-electron chi connectivity index (χ0n) is 13.4. The van der Waals surface area contributed by atoms with Crippen molar-refractivity contribution >= 4 is 39.4 Å². The Morgan fingerprint density at radius 2 is 1.72 bits per heavy atom. The van der Waals surface area contributed by atoms with Gasteiger partial charge in [0.05, 0.1) is 5.41 Å². The van der Waals surface area contributed by atoms with Crippen LogP contribution in [0.15, 0.2) is 53.9 Å². The summed E-state index contributed by atoms with van der Waals surface area (Å²) in [6.07, 6.45) is 2.78. The summed E-state index contributed by atoms with van der Waals surface area (Å²) in [4.78, 5) is 10.5. The van der Waals surface area contributed by atoms with Gasteiger partial charge in [-0.3, -0.25) is 9.52 Å². The summed E-state index contributed by atoms with van der Waals surface area (Å²) in [6.45, 7) is 0. The van der Waals surface area contributed by atoms with Crippen LogP contribution in [0.5, 0.6) is 0 Å². The molecule has 5 nitrogen and oxygen atoms in total. The van der Waals surface area contributed by atoms with Gasteiger partial charge in [0.15, 0.2) is 0 Å². The van der Waals surface area contributed by atoms with Gasteiger partial charge in [0.2, 0.25) is 0 Å². The molecule has 2 aromatic carbocycles. The highest BCUT2D eigenvalue weighted by Crippen LogP contribution is 2.15. The third-order valence-corrected chi connectivity index (χ3v) is 4.65. The van der Waals surface area contributed by atoms with Gasteiger partial charge in [-0.1, -0.05) is 35.9 Å². The van der Waals surface area contributed by atoms with Crippen molar-refractivity contribution in [2.75, 3.05) is 4.72 Å². The average Bonchev–Trinajstić information content (AvgIpc) is 2.55. The number of nitrogens with one attached hydrogen (secondary N) is 1. The van der Waals surface area contributed by atoms with E-state index >= 15 is 0 Å². The number of carboxylic acid groups (broad SMARTS) is 1. The Balaban J connectivity index is 1.95. The minimum Gasteiger partial charge on any atom is -0.481 e. The Morgan fingerprint density at radius 1 is 1.08 bits per heavy atom. The van der Waals surface area contributed by atoms with E-state index in [0.29, 0.717) is 23.6 Å². The fourth-order valence-corrected chi connectivity index (χ4v) is 3.12. The molecule has 0 fully saturated rings. The van der Waals surface area contributed by atoms with Crippen LogP contribution < -0.4 is 4.72 Å². The molecule has 2 aromatic rings. The van der Waals surface area contributed by atoms with Crippen LogP contribution in [0.3, 0.4) is 0 Å². The van der Waals surface area contributed by atoms with Gasteiger partial charge in [0.1, 0.15) is 0 Å². The largest absolute Gasteiger partial charge is 0.481 e. The third-order valence-electron chi connectivity index (χ3n) is 3.38. The maximum atomic E-state index is 12.1. The second kappa shape index (κ2) is 8.69. The normalized spacial score (nSPS) is 11.6. The number of hydrogen-bond acceptors (Lipinski definition) is 3. The molecule has 0 unspecified atom stereocenters. The third kappa shape index (κ3) is 6.99. The number of aryl methyl sites for hydroxylation is 1. The fourth-order valence-electron chi connectivity index (χ4n) is 2.12. The zero-order valence-corrected chi connectivity index (χ0v) is 14.9. The van der Waals surface area contributed by atoms with E-state index < -0.39 is 16.0 Å². The maximum absolute atomic E-state index is 12.1. The predicted octanol–water partition coefficient (Wildman–Crippen LogP) is 4.16. The monoisotopic (exact) mass is 379 g/mol. The summed E-state index contributed by atoms with van der Waals surface area (Å²) in [5.74, 6) is -0.822. The van der Waals surface area contributed by atoms with Crippen LogP contribution in [0.25, 0.3) is 6.08 Å². The number of benzene rings is 2. The second-order valence-electron chi connectivity index (χ2n) is 5.45. The van der Waals surface area contributed by atoms with E-state index in [-0.39, 0.29) is 6.42 Å². The van der Waals surface area contributed by atoms with Gasteiger partial charge >= 0.3 is 5.97 Å². The van der Waals surface area contributed by atoms with Gasteiger partial charge in [-0.2, -0.15) is 0 Å². The molecular formula is C18H18ClNO4S. The summed E-state index contributed by atoms with van der Waals surface area (Å²) in [7, 11) is -3.63. The standard InChI is InChI=1S/C18H18ClNO4S/c19-16-8-4-15(5-9-16)12-13-25(23,24)20-17-10-6-14(7-11-17)2-1-3-18(21)22/h4-13,20H,1-3H2,(H,21,22)/b13-12+. The Hall–Kier alpha value is -2.31. The zero-order chi connectivity index (χ0) is 18.3. The Labute approximate surface area is 152 Å². The lowest BCUT2D eigenvalue weighted by Gasteiger charge is -2.06. The molecule has 2 N–H and O–H groups in total. The molecule has 0 amide bonds. The molecular weight excluding hydrogens is 362 g/mol. The molecule has 132 valence electrons. The topological polar surface area (TPSA) is 83.5 Å². The highest BCUT2D eigenvalue weighted by atomic mass is 35.5. The number of rotatable bonds is 8. The minimum atomic E-state index is -3.63. The lowest BCUT2D eigenvalue weighted by molar-refractivity contribution is -0.137. The molecule has 0 spiro atoms.